The number of anilines is 1. The lowest BCUT2D eigenvalue weighted by Gasteiger charge is -2.33. The Labute approximate surface area is 142 Å². The fraction of sp³-hybridized carbons (Fsp3) is 0.417. The van der Waals surface area contributed by atoms with E-state index in [1.807, 2.05) is 4.90 Å². The maximum atomic E-state index is 12.5. The molecule has 0 aliphatic carbocycles. The van der Waals surface area contributed by atoms with Crippen molar-refractivity contribution in [2.24, 2.45) is 5.90 Å². The van der Waals surface area contributed by atoms with E-state index in [1.165, 1.54) is 16.7 Å². The zero-order chi connectivity index (χ0) is 17.3. The normalized spacial score (nSPS) is 16.3. The molecule has 1 aliphatic rings. The predicted octanol–water partition coefficient (Wildman–Crippen LogP) is -0.284. The Balaban J connectivity index is 1.67. The molecular weight excluding hydrogens is 356 g/mol. The molecule has 24 heavy (non-hydrogen) atoms. The summed E-state index contributed by atoms with van der Waals surface area (Å²) in [6.07, 6.45) is 2.72. The van der Waals surface area contributed by atoms with Gasteiger partial charge in [-0.1, -0.05) is 11.3 Å². The summed E-state index contributed by atoms with van der Waals surface area (Å²) in [6, 6.07) is 0. The number of thiazole rings is 1. The molecule has 0 amide bonds. The number of nitrogens with one attached hydrogen (secondary N) is 1. The Kier molecular flexibility index (Phi) is 4.54. The van der Waals surface area contributed by atoms with E-state index in [-0.39, 0.29) is 5.03 Å². The quantitative estimate of drug-likeness (QED) is 0.700. The fourth-order valence-corrected chi connectivity index (χ4v) is 4.59. The van der Waals surface area contributed by atoms with Crippen LogP contribution < -0.4 is 10.8 Å². The van der Waals surface area contributed by atoms with Crippen molar-refractivity contribution in [1.29, 1.82) is 0 Å². The Morgan fingerprint density at radius 3 is 2.58 bits per heavy atom. The molecule has 0 aromatic carbocycles. The van der Waals surface area contributed by atoms with Crippen LogP contribution in [0.3, 0.4) is 0 Å². The van der Waals surface area contributed by atoms with Crippen LogP contribution in [0.5, 0.6) is 0 Å². The Morgan fingerprint density at radius 2 is 2.00 bits per heavy atom. The van der Waals surface area contributed by atoms with Crippen molar-refractivity contribution in [2.45, 2.75) is 11.9 Å². The smallest absolute Gasteiger partial charge is 0.368 e. The molecule has 0 spiro atoms. The topological polar surface area (TPSA) is 135 Å². The minimum Gasteiger partial charge on any atom is -0.369 e. The van der Waals surface area contributed by atoms with E-state index in [0.717, 1.165) is 11.3 Å². The molecule has 0 bridgehead atoms. The van der Waals surface area contributed by atoms with E-state index in [1.54, 1.807) is 6.92 Å². The molecule has 0 unspecified atom stereocenters. The molecule has 0 saturated carbocycles. The van der Waals surface area contributed by atoms with Crippen molar-refractivity contribution >= 4 is 32.5 Å². The van der Waals surface area contributed by atoms with Gasteiger partial charge in [-0.05, 0) is 6.92 Å². The lowest BCUT2D eigenvalue weighted by atomic mass is 10.4. The van der Waals surface area contributed by atoms with Gasteiger partial charge in [0, 0.05) is 26.2 Å². The predicted molar refractivity (Wildman–Crippen MR) is 86.0 cm³/mol. The maximum absolute atomic E-state index is 12.5. The van der Waals surface area contributed by atoms with E-state index < -0.39 is 16.0 Å². The molecular formula is C12H16N6O4S2. The molecule has 3 rings (SSSR count). The van der Waals surface area contributed by atoms with Crippen molar-refractivity contribution < 1.29 is 18.0 Å². The first kappa shape index (κ1) is 16.8. The van der Waals surface area contributed by atoms with Crippen molar-refractivity contribution in [2.75, 3.05) is 31.1 Å². The number of carbonyl (C=O) groups is 1. The second kappa shape index (κ2) is 6.47. The van der Waals surface area contributed by atoms with Gasteiger partial charge in [0.05, 0.1) is 12.4 Å². The lowest BCUT2D eigenvalue weighted by molar-refractivity contribution is 0.0509. The minimum atomic E-state index is -3.58. The highest BCUT2D eigenvalue weighted by Crippen LogP contribution is 2.25. The average molecular weight is 372 g/mol. The lowest BCUT2D eigenvalue weighted by Crippen LogP contribution is -2.48. The molecule has 0 atom stereocenters. The van der Waals surface area contributed by atoms with Crippen molar-refractivity contribution in [3.63, 3.8) is 0 Å². The van der Waals surface area contributed by atoms with Gasteiger partial charge in [-0.15, -0.1) is 0 Å². The third-order valence-corrected chi connectivity index (χ3v) is 6.45. The van der Waals surface area contributed by atoms with E-state index in [9.17, 15) is 13.2 Å². The summed E-state index contributed by atoms with van der Waals surface area (Å²) in [5.74, 6) is 4.76. The Bertz CT molecular complexity index is 837. The van der Waals surface area contributed by atoms with Crippen LogP contribution in [0.4, 0.5) is 5.13 Å². The molecule has 130 valence electrons. The first-order valence-corrected chi connectivity index (χ1v) is 9.31. The number of nitrogens with two attached hydrogens (primary N) is 1. The largest absolute Gasteiger partial charge is 0.369 e. The second-order valence-corrected chi connectivity index (χ2v) is 8.05. The van der Waals surface area contributed by atoms with Gasteiger partial charge in [-0.25, -0.2) is 23.2 Å². The SMILES string of the molecule is Cc1ncc(S(=O)(=O)N2CCN(c3ncc(C(=O)ON)s3)CC2)[nH]1. The molecule has 12 heteroatoms. The van der Waals surface area contributed by atoms with Crippen LogP contribution in [0, 0.1) is 6.92 Å². The summed E-state index contributed by atoms with van der Waals surface area (Å²) < 4.78 is 26.5. The van der Waals surface area contributed by atoms with Crippen molar-refractivity contribution in [3.8, 4) is 0 Å². The molecule has 3 heterocycles. The van der Waals surface area contributed by atoms with Crippen LogP contribution in [0.15, 0.2) is 17.4 Å². The van der Waals surface area contributed by atoms with Crippen molar-refractivity contribution in [3.05, 3.63) is 23.1 Å². The number of hydrogen-bond acceptors (Lipinski definition) is 9. The van der Waals surface area contributed by atoms with Crippen LogP contribution in [0.2, 0.25) is 0 Å². The van der Waals surface area contributed by atoms with E-state index in [2.05, 4.69) is 19.8 Å². The molecule has 1 saturated heterocycles. The number of aryl methyl sites for hydroxylation is 1. The number of nitrogens with zero attached hydrogens (tertiary/aromatic N) is 4. The Hall–Kier alpha value is -2.02. The van der Waals surface area contributed by atoms with Gasteiger partial charge < -0.3 is 14.7 Å². The van der Waals surface area contributed by atoms with E-state index in [0.29, 0.717) is 42.0 Å². The number of aromatic nitrogens is 3. The minimum absolute atomic E-state index is 0.0932. The van der Waals surface area contributed by atoms with E-state index >= 15 is 0 Å². The van der Waals surface area contributed by atoms with Crippen LogP contribution in [-0.2, 0) is 14.9 Å². The third kappa shape index (κ3) is 3.13. The molecule has 3 N–H and O–H groups in total. The van der Waals surface area contributed by atoms with Gasteiger partial charge in [0.15, 0.2) is 10.2 Å². The Morgan fingerprint density at radius 1 is 1.29 bits per heavy atom. The third-order valence-electron chi connectivity index (χ3n) is 3.61. The average Bonchev–Trinajstić information content (AvgIpc) is 3.23. The molecule has 1 aliphatic heterocycles. The number of piperazine rings is 1. The van der Waals surface area contributed by atoms with Gasteiger partial charge in [-0.2, -0.15) is 10.2 Å². The van der Waals surface area contributed by atoms with Gasteiger partial charge in [0.2, 0.25) is 0 Å². The van der Waals surface area contributed by atoms with Crippen LogP contribution in [0.1, 0.15) is 15.5 Å². The number of imidazole rings is 1. The summed E-state index contributed by atoms with van der Waals surface area (Å²) in [5.41, 5.74) is 0. The van der Waals surface area contributed by atoms with Gasteiger partial charge in [0.25, 0.3) is 10.0 Å². The summed E-state index contributed by atoms with van der Waals surface area (Å²) in [7, 11) is -3.58. The van der Waals surface area contributed by atoms with Gasteiger partial charge in [-0.3, -0.25) is 0 Å². The summed E-state index contributed by atoms with van der Waals surface area (Å²) in [6.45, 7) is 3.27. The van der Waals surface area contributed by atoms with E-state index in [4.69, 9.17) is 5.90 Å². The zero-order valence-corrected chi connectivity index (χ0v) is 14.4. The van der Waals surface area contributed by atoms with Gasteiger partial charge >= 0.3 is 5.97 Å². The number of aromatic amines is 1. The molecule has 2 aromatic heterocycles. The number of hydrogen-bond donors (Lipinski definition) is 2. The number of carbonyl (C=O) groups excluding carboxylic acids is 1. The fourth-order valence-electron chi connectivity index (χ4n) is 2.35. The van der Waals surface area contributed by atoms with Crippen LogP contribution >= 0.6 is 11.3 Å². The van der Waals surface area contributed by atoms with Crippen LogP contribution in [-0.4, -0.2) is 59.8 Å². The summed E-state index contributed by atoms with van der Waals surface area (Å²) in [4.78, 5) is 28.6. The second-order valence-electron chi connectivity index (χ2n) is 5.14. The summed E-state index contributed by atoms with van der Waals surface area (Å²) >= 11 is 1.16. The summed E-state index contributed by atoms with van der Waals surface area (Å²) in [5, 5.41) is 0.723. The van der Waals surface area contributed by atoms with Crippen LogP contribution in [0.25, 0.3) is 0 Å². The number of H-pyrrole nitrogens is 1. The van der Waals surface area contributed by atoms with Gasteiger partial charge in [0.1, 0.15) is 10.7 Å². The number of rotatable bonds is 4. The molecule has 1 fully saturated rings. The molecule has 2 aromatic rings. The first-order valence-electron chi connectivity index (χ1n) is 7.05. The first-order chi connectivity index (χ1) is 11.4. The highest BCUT2D eigenvalue weighted by Gasteiger charge is 2.30. The highest BCUT2D eigenvalue weighted by atomic mass is 32.2. The standard InChI is InChI=1S/C12H16N6O4S2/c1-8-14-7-10(16-8)24(20,21)18-4-2-17(3-5-18)12-15-6-9(23-12)11(19)22-13/h6-7H,2-5,13H2,1H3,(H,14,16). The highest BCUT2D eigenvalue weighted by molar-refractivity contribution is 7.89. The maximum Gasteiger partial charge on any atom is 0.368 e. The number of sulfonamides is 1. The monoisotopic (exact) mass is 372 g/mol. The van der Waals surface area contributed by atoms with Crippen molar-refractivity contribution in [1.82, 2.24) is 19.3 Å². The molecule has 10 nitrogen and oxygen atoms in total. The molecule has 0 radical (unpaired) electrons. The zero-order valence-electron chi connectivity index (χ0n) is 12.8.